The summed E-state index contributed by atoms with van der Waals surface area (Å²) >= 11 is 5.95. The molecule has 0 unspecified atom stereocenters. The number of Topliss-reactive ketones (excluding diaryl/α,β-unsaturated/α-hetero) is 1. The molecule has 0 bridgehead atoms. The lowest BCUT2D eigenvalue weighted by Crippen LogP contribution is -2.11. The Balaban J connectivity index is 2.23. The van der Waals surface area contributed by atoms with Crippen molar-refractivity contribution < 1.29 is 9.90 Å². The molecule has 2 aromatic rings. The van der Waals surface area contributed by atoms with E-state index in [0.717, 1.165) is 5.69 Å². The molecule has 0 aliphatic heterocycles. The summed E-state index contributed by atoms with van der Waals surface area (Å²) in [5.41, 5.74) is 1.34. The van der Waals surface area contributed by atoms with E-state index in [1.54, 1.807) is 34.9 Å². The van der Waals surface area contributed by atoms with E-state index in [0.29, 0.717) is 10.6 Å². The summed E-state index contributed by atoms with van der Waals surface area (Å²) in [6, 6.07) is 8.56. The standard InChI is InChI=1S/C13H12ClNO2/c1-9-6-10(16)7-15(9)8-13(17)11-4-2-3-5-12(11)14/h2-7,16H,8H2,1H3. The molecule has 3 nitrogen and oxygen atoms in total. The van der Waals surface area contributed by atoms with Crippen molar-refractivity contribution in [3.8, 4) is 5.75 Å². The smallest absolute Gasteiger partial charge is 0.183 e. The van der Waals surface area contributed by atoms with Crippen LogP contribution < -0.4 is 0 Å². The number of halogens is 1. The number of aromatic nitrogens is 1. The van der Waals surface area contributed by atoms with Crippen molar-refractivity contribution >= 4 is 17.4 Å². The zero-order valence-corrected chi connectivity index (χ0v) is 10.1. The van der Waals surface area contributed by atoms with Gasteiger partial charge in [0.1, 0.15) is 5.75 Å². The topological polar surface area (TPSA) is 42.2 Å². The van der Waals surface area contributed by atoms with Crippen molar-refractivity contribution in [3.63, 3.8) is 0 Å². The second-order valence-electron chi connectivity index (χ2n) is 3.87. The van der Waals surface area contributed by atoms with Crippen molar-refractivity contribution in [2.24, 2.45) is 0 Å². The highest BCUT2D eigenvalue weighted by Crippen LogP contribution is 2.18. The second kappa shape index (κ2) is 4.63. The van der Waals surface area contributed by atoms with Gasteiger partial charge in [-0.05, 0) is 19.1 Å². The number of benzene rings is 1. The number of nitrogens with zero attached hydrogens (tertiary/aromatic N) is 1. The molecule has 0 atom stereocenters. The van der Waals surface area contributed by atoms with Crippen LogP contribution in [0.5, 0.6) is 5.75 Å². The van der Waals surface area contributed by atoms with Crippen LogP contribution in [0.2, 0.25) is 5.02 Å². The first-order valence-electron chi connectivity index (χ1n) is 5.21. The summed E-state index contributed by atoms with van der Waals surface area (Å²) in [6.07, 6.45) is 1.53. The SMILES string of the molecule is Cc1cc(O)cn1CC(=O)c1ccccc1Cl. The Morgan fingerprint density at radius 1 is 1.41 bits per heavy atom. The summed E-state index contributed by atoms with van der Waals surface area (Å²) in [4.78, 5) is 12.0. The fourth-order valence-corrected chi connectivity index (χ4v) is 1.93. The molecule has 0 aliphatic rings. The highest BCUT2D eigenvalue weighted by molar-refractivity contribution is 6.33. The van der Waals surface area contributed by atoms with Gasteiger partial charge in [-0.1, -0.05) is 23.7 Å². The van der Waals surface area contributed by atoms with Crippen molar-refractivity contribution in [1.82, 2.24) is 4.57 Å². The molecule has 1 N–H and O–H groups in total. The highest BCUT2D eigenvalue weighted by atomic mass is 35.5. The minimum Gasteiger partial charge on any atom is -0.506 e. The number of hydrogen-bond acceptors (Lipinski definition) is 2. The van der Waals surface area contributed by atoms with Crippen LogP contribution in [0.15, 0.2) is 36.5 Å². The van der Waals surface area contributed by atoms with E-state index in [1.807, 2.05) is 6.92 Å². The van der Waals surface area contributed by atoms with Gasteiger partial charge in [0, 0.05) is 23.5 Å². The lowest BCUT2D eigenvalue weighted by atomic mass is 10.1. The molecule has 1 heterocycles. The van der Waals surface area contributed by atoms with Gasteiger partial charge in [0.2, 0.25) is 0 Å². The maximum atomic E-state index is 12.0. The monoisotopic (exact) mass is 249 g/mol. The van der Waals surface area contributed by atoms with Gasteiger partial charge in [-0.2, -0.15) is 0 Å². The molecule has 17 heavy (non-hydrogen) atoms. The first-order valence-corrected chi connectivity index (χ1v) is 5.59. The van der Waals surface area contributed by atoms with Crippen LogP contribution in [0.1, 0.15) is 16.1 Å². The third-order valence-corrected chi connectivity index (χ3v) is 2.92. The van der Waals surface area contributed by atoms with E-state index in [1.165, 1.54) is 6.20 Å². The number of hydrogen-bond donors (Lipinski definition) is 1. The van der Waals surface area contributed by atoms with Crippen LogP contribution in [-0.2, 0) is 6.54 Å². The average Bonchev–Trinajstić information content (AvgIpc) is 2.58. The Morgan fingerprint density at radius 2 is 2.12 bits per heavy atom. The van der Waals surface area contributed by atoms with Crippen LogP contribution >= 0.6 is 11.6 Å². The Kier molecular flexibility index (Phi) is 3.20. The Labute approximate surface area is 104 Å². The Hall–Kier alpha value is -1.74. The van der Waals surface area contributed by atoms with Crippen molar-refractivity contribution in [1.29, 1.82) is 0 Å². The Bertz CT molecular complexity index is 560. The number of rotatable bonds is 3. The van der Waals surface area contributed by atoms with Crippen LogP contribution in [0.3, 0.4) is 0 Å². The van der Waals surface area contributed by atoms with Crippen molar-refractivity contribution in [2.75, 3.05) is 0 Å². The zero-order valence-electron chi connectivity index (χ0n) is 9.35. The molecular formula is C13H12ClNO2. The van der Waals surface area contributed by atoms with Crippen LogP contribution in [0.25, 0.3) is 0 Å². The largest absolute Gasteiger partial charge is 0.506 e. The molecule has 1 aromatic heterocycles. The van der Waals surface area contributed by atoms with E-state index in [9.17, 15) is 9.90 Å². The summed E-state index contributed by atoms with van der Waals surface area (Å²) < 4.78 is 1.70. The Morgan fingerprint density at radius 3 is 2.71 bits per heavy atom. The van der Waals surface area contributed by atoms with Crippen molar-refractivity contribution in [2.45, 2.75) is 13.5 Å². The molecular weight excluding hydrogens is 238 g/mol. The average molecular weight is 250 g/mol. The number of aryl methyl sites for hydroxylation is 1. The highest BCUT2D eigenvalue weighted by Gasteiger charge is 2.11. The molecule has 0 spiro atoms. The summed E-state index contributed by atoms with van der Waals surface area (Å²) in [5, 5.41) is 9.76. The van der Waals surface area contributed by atoms with E-state index in [2.05, 4.69) is 0 Å². The fourth-order valence-electron chi connectivity index (χ4n) is 1.69. The van der Waals surface area contributed by atoms with Gasteiger partial charge in [0.15, 0.2) is 5.78 Å². The van der Waals surface area contributed by atoms with Crippen LogP contribution in [-0.4, -0.2) is 15.5 Å². The van der Waals surface area contributed by atoms with E-state index < -0.39 is 0 Å². The number of carbonyl (C=O) groups excluding carboxylic acids is 1. The number of ketones is 1. The van der Waals surface area contributed by atoms with Gasteiger partial charge in [-0.3, -0.25) is 4.79 Å². The maximum Gasteiger partial charge on any atom is 0.183 e. The lowest BCUT2D eigenvalue weighted by Gasteiger charge is -2.06. The summed E-state index contributed by atoms with van der Waals surface area (Å²) in [5.74, 6) is 0.0868. The molecule has 1 aromatic carbocycles. The van der Waals surface area contributed by atoms with Gasteiger partial charge in [0.05, 0.1) is 11.6 Å². The van der Waals surface area contributed by atoms with E-state index in [4.69, 9.17) is 11.6 Å². The second-order valence-corrected chi connectivity index (χ2v) is 4.28. The first kappa shape index (κ1) is 11.7. The molecule has 0 saturated carbocycles. The predicted molar refractivity (Wildman–Crippen MR) is 66.6 cm³/mol. The first-order chi connectivity index (χ1) is 8.08. The van der Waals surface area contributed by atoms with Gasteiger partial charge in [-0.25, -0.2) is 0 Å². The van der Waals surface area contributed by atoms with Crippen LogP contribution in [0.4, 0.5) is 0 Å². The van der Waals surface area contributed by atoms with Gasteiger partial charge < -0.3 is 9.67 Å². The lowest BCUT2D eigenvalue weighted by molar-refractivity contribution is 0.0971. The minimum absolute atomic E-state index is 0.0747. The number of carbonyl (C=O) groups is 1. The van der Waals surface area contributed by atoms with Gasteiger partial charge >= 0.3 is 0 Å². The molecule has 88 valence electrons. The normalized spacial score (nSPS) is 10.5. The van der Waals surface area contributed by atoms with Crippen LogP contribution in [0, 0.1) is 6.92 Å². The predicted octanol–water partition coefficient (Wildman–Crippen LogP) is 3.04. The molecule has 0 saturated heterocycles. The number of aromatic hydroxyl groups is 1. The quantitative estimate of drug-likeness (QED) is 0.850. The maximum absolute atomic E-state index is 12.0. The molecule has 0 amide bonds. The van der Waals surface area contributed by atoms with Gasteiger partial charge in [-0.15, -0.1) is 0 Å². The third-order valence-electron chi connectivity index (χ3n) is 2.59. The van der Waals surface area contributed by atoms with E-state index >= 15 is 0 Å². The molecule has 0 radical (unpaired) electrons. The zero-order chi connectivity index (χ0) is 12.4. The molecule has 4 heteroatoms. The summed E-state index contributed by atoms with van der Waals surface area (Å²) in [7, 11) is 0. The molecule has 0 fully saturated rings. The minimum atomic E-state index is -0.0747. The van der Waals surface area contributed by atoms with Gasteiger partial charge in [0.25, 0.3) is 0 Å². The summed E-state index contributed by atoms with van der Waals surface area (Å²) in [6.45, 7) is 2.01. The third kappa shape index (κ3) is 2.50. The molecule has 2 rings (SSSR count). The van der Waals surface area contributed by atoms with Crippen molar-refractivity contribution in [3.05, 3.63) is 52.8 Å². The van der Waals surface area contributed by atoms with E-state index in [-0.39, 0.29) is 18.1 Å². The fraction of sp³-hybridized carbons (Fsp3) is 0.154. The molecule has 0 aliphatic carbocycles.